The Bertz CT molecular complexity index is 458. The molecule has 0 saturated carbocycles. The molecular weight excluding hydrogens is 264 g/mol. The lowest BCUT2D eigenvalue weighted by Gasteiger charge is -2.35. The van der Waals surface area contributed by atoms with E-state index in [4.69, 9.17) is 4.74 Å². The van der Waals surface area contributed by atoms with Gasteiger partial charge in [-0.15, -0.1) is 0 Å². The highest BCUT2D eigenvalue weighted by molar-refractivity contribution is 5.89. The van der Waals surface area contributed by atoms with Crippen LogP contribution in [-0.2, 0) is 4.74 Å². The zero-order valence-electron chi connectivity index (χ0n) is 13.3. The number of hydrogen-bond acceptors (Lipinski definition) is 4. The molecule has 0 radical (unpaired) electrons. The first kappa shape index (κ1) is 15.8. The van der Waals surface area contributed by atoms with Gasteiger partial charge in [-0.2, -0.15) is 0 Å². The molecule has 1 N–H and O–H groups in total. The van der Waals surface area contributed by atoms with E-state index in [2.05, 4.69) is 24.1 Å². The fourth-order valence-electron chi connectivity index (χ4n) is 2.99. The predicted molar refractivity (Wildman–Crippen MR) is 85.7 cm³/mol. The normalized spacial score (nSPS) is 20.8. The standard InChI is InChI=1S/C17H26N2O2/c1-4-19-11-5-6-15(12-19)13(2)18-16-9-7-14(8-10-16)17(20)21-3/h7-10,13,15,18H,4-6,11-12H2,1-3H3. The van der Waals surface area contributed by atoms with E-state index in [1.165, 1.54) is 33.0 Å². The summed E-state index contributed by atoms with van der Waals surface area (Å²) in [5.41, 5.74) is 1.65. The van der Waals surface area contributed by atoms with Crippen LogP contribution in [0.25, 0.3) is 0 Å². The number of ether oxygens (including phenoxy) is 1. The topological polar surface area (TPSA) is 41.6 Å². The lowest BCUT2D eigenvalue weighted by Crippen LogP contribution is -2.41. The summed E-state index contributed by atoms with van der Waals surface area (Å²) < 4.78 is 4.71. The molecule has 0 aliphatic carbocycles. The number of nitrogens with one attached hydrogen (secondary N) is 1. The minimum Gasteiger partial charge on any atom is -0.465 e. The van der Waals surface area contributed by atoms with Gasteiger partial charge in [0.2, 0.25) is 0 Å². The highest BCUT2D eigenvalue weighted by atomic mass is 16.5. The molecule has 21 heavy (non-hydrogen) atoms. The molecule has 0 aromatic heterocycles. The van der Waals surface area contributed by atoms with Crippen molar-refractivity contribution in [2.75, 3.05) is 32.1 Å². The smallest absolute Gasteiger partial charge is 0.337 e. The summed E-state index contributed by atoms with van der Waals surface area (Å²) in [5, 5.41) is 3.56. The lowest BCUT2D eigenvalue weighted by molar-refractivity contribution is 0.0601. The van der Waals surface area contributed by atoms with Crippen LogP contribution in [0.15, 0.2) is 24.3 Å². The van der Waals surface area contributed by atoms with Gasteiger partial charge >= 0.3 is 5.97 Å². The minimum absolute atomic E-state index is 0.291. The molecule has 4 nitrogen and oxygen atoms in total. The van der Waals surface area contributed by atoms with Crippen LogP contribution in [0, 0.1) is 5.92 Å². The van der Waals surface area contributed by atoms with E-state index in [9.17, 15) is 4.79 Å². The third kappa shape index (κ3) is 4.21. The Labute approximate surface area is 127 Å². The van der Waals surface area contributed by atoms with Gasteiger partial charge in [0, 0.05) is 18.3 Å². The van der Waals surface area contributed by atoms with Crippen LogP contribution in [0.5, 0.6) is 0 Å². The zero-order valence-corrected chi connectivity index (χ0v) is 13.3. The molecule has 4 heteroatoms. The van der Waals surface area contributed by atoms with Crippen LogP contribution in [-0.4, -0.2) is 43.7 Å². The highest BCUT2D eigenvalue weighted by Gasteiger charge is 2.23. The van der Waals surface area contributed by atoms with E-state index < -0.39 is 0 Å². The molecular formula is C17H26N2O2. The van der Waals surface area contributed by atoms with Crippen LogP contribution in [0.2, 0.25) is 0 Å². The molecule has 2 rings (SSSR count). The van der Waals surface area contributed by atoms with E-state index in [1.54, 1.807) is 12.1 Å². The van der Waals surface area contributed by atoms with E-state index in [-0.39, 0.29) is 5.97 Å². The lowest BCUT2D eigenvalue weighted by atomic mass is 9.91. The average Bonchev–Trinajstić information content (AvgIpc) is 2.54. The number of likely N-dealkylation sites (tertiary alicyclic amines) is 1. The van der Waals surface area contributed by atoms with E-state index in [1.807, 2.05) is 12.1 Å². The van der Waals surface area contributed by atoms with Crippen LogP contribution in [0.3, 0.4) is 0 Å². The van der Waals surface area contributed by atoms with Crippen LogP contribution in [0.4, 0.5) is 5.69 Å². The molecule has 1 aliphatic rings. The molecule has 2 atom stereocenters. The molecule has 1 saturated heterocycles. The Morgan fingerprint density at radius 3 is 2.76 bits per heavy atom. The molecule has 1 aliphatic heterocycles. The van der Waals surface area contributed by atoms with Gasteiger partial charge in [-0.1, -0.05) is 6.92 Å². The third-order valence-electron chi connectivity index (χ3n) is 4.40. The molecule has 1 heterocycles. The highest BCUT2D eigenvalue weighted by Crippen LogP contribution is 2.22. The van der Waals surface area contributed by atoms with E-state index in [0.29, 0.717) is 17.5 Å². The zero-order chi connectivity index (χ0) is 15.2. The van der Waals surface area contributed by atoms with Gasteiger partial charge < -0.3 is 15.0 Å². The second-order valence-corrected chi connectivity index (χ2v) is 5.80. The van der Waals surface area contributed by atoms with Crippen molar-refractivity contribution in [1.29, 1.82) is 0 Å². The summed E-state index contributed by atoms with van der Waals surface area (Å²) in [6.45, 7) is 8.01. The van der Waals surface area contributed by atoms with Crippen molar-refractivity contribution in [3.8, 4) is 0 Å². The maximum absolute atomic E-state index is 11.4. The first-order valence-corrected chi connectivity index (χ1v) is 7.81. The quantitative estimate of drug-likeness (QED) is 0.846. The molecule has 0 bridgehead atoms. The Balaban J connectivity index is 1.92. The van der Waals surface area contributed by atoms with Gasteiger partial charge in [0.05, 0.1) is 12.7 Å². The SMILES string of the molecule is CCN1CCCC(C(C)Nc2ccc(C(=O)OC)cc2)C1. The Kier molecular flexibility index (Phi) is 5.62. The molecule has 116 valence electrons. The van der Waals surface area contributed by atoms with Crippen molar-refractivity contribution < 1.29 is 9.53 Å². The van der Waals surface area contributed by atoms with E-state index in [0.717, 1.165) is 12.2 Å². The number of carbonyl (C=O) groups is 1. The molecule has 1 aromatic carbocycles. The summed E-state index contributed by atoms with van der Waals surface area (Å²) >= 11 is 0. The van der Waals surface area contributed by atoms with E-state index >= 15 is 0 Å². The van der Waals surface area contributed by atoms with Gasteiger partial charge in [-0.05, 0) is 63.0 Å². The molecule has 1 fully saturated rings. The molecule has 2 unspecified atom stereocenters. The first-order valence-electron chi connectivity index (χ1n) is 7.81. The largest absolute Gasteiger partial charge is 0.465 e. The second kappa shape index (κ2) is 7.46. The second-order valence-electron chi connectivity index (χ2n) is 5.80. The van der Waals surface area contributed by atoms with Crippen molar-refractivity contribution in [2.24, 2.45) is 5.92 Å². The first-order chi connectivity index (χ1) is 10.1. The number of rotatable bonds is 5. The maximum atomic E-state index is 11.4. The summed E-state index contributed by atoms with van der Waals surface area (Å²) in [6.07, 6.45) is 2.57. The minimum atomic E-state index is -0.291. The van der Waals surface area contributed by atoms with Crippen molar-refractivity contribution in [3.05, 3.63) is 29.8 Å². The van der Waals surface area contributed by atoms with Crippen LogP contribution >= 0.6 is 0 Å². The van der Waals surface area contributed by atoms with Crippen molar-refractivity contribution >= 4 is 11.7 Å². The number of piperidine rings is 1. The van der Waals surface area contributed by atoms with Gasteiger partial charge in [0.1, 0.15) is 0 Å². The fourth-order valence-corrected chi connectivity index (χ4v) is 2.99. The number of methoxy groups -OCH3 is 1. The Morgan fingerprint density at radius 1 is 1.43 bits per heavy atom. The average molecular weight is 290 g/mol. The number of esters is 1. The van der Waals surface area contributed by atoms with Crippen LogP contribution < -0.4 is 5.32 Å². The van der Waals surface area contributed by atoms with Crippen molar-refractivity contribution in [1.82, 2.24) is 4.90 Å². The number of benzene rings is 1. The van der Waals surface area contributed by atoms with Crippen LogP contribution in [0.1, 0.15) is 37.0 Å². The molecule has 1 aromatic rings. The summed E-state index contributed by atoms with van der Waals surface area (Å²) in [4.78, 5) is 13.9. The fraction of sp³-hybridized carbons (Fsp3) is 0.588. The van der Waals surface area contributed by atoms with Crippen molar-refractivity contribution in [3.63, 3.8) is 0 Å². The van der Waals surface area contributed by atoms with Gasteiger partial charge in [0.15, 0.2) is 0 Å². The third-order valence-corrected chi connectivity index (χ3v) is 4.40. The summed E-state index contributed by atoms with van der Waals surface area (Å²) in [6, 6.07) is 7.94. The summed E-state index contributed by atoms with van der Waals surface area (Å²) in [7, 11) is 1.40. The maximum Gasteiger partial charge on any atom is 0.337 e. The number of nitrogens with zero attached hydrogens (tertiary/aromatic N) is 1. The Morgan fingerprint density at radius 2 is 2.14 bits per heavy atom. The molecule has 0 amide bonds. The van der Waals surface area contributed by atoms with Gasteiger partial charge in [-0.3, -0.25) is 0 Å². The monoisotopic (exact) mass is 290 g/mol. The summed E-state index contributed by atoms with van der Waals surface area (Å²) in [5.74, 6) is 0.388. The molecule has 0 spiro atoms. The van der Waals surface area contributed by atoms with Gasteiger partial charge in [-0.25, -0.2) is 4.79 Å². The number of hydrogen-bond donors (Lipinski definition) is 1. The number of carbonyl (C=O) groups excluding carboxylic acids is 1. The predicted octanol–water partition coefficient (Wildman–Crippen LogP) is 3.01. The van der Waals surface area contributed by atoms with Crippen molar-refractivity contribution in [2.45, 2.75) is 32.7 Å². The van der Waals surface area contributed by atoms with Gasteiger partial charge in [0.25, 0.3) is 0 Å². The Hall–Kier alpha value is -1.55. The number of anilines is 1.